The quantitative estimate of drug-likeness (QED) is 0.822. The van der Waals surface area contributed by atoms with Crippen LogP contribution in [0.2, 0.25) is 0 Å². The van der Waals surface area contributed by atoms with Crippen molar-refractivity contribution in [1.82, 2.24) is 9.80 Å². The highest BCUT2D eigenvalue weighted by Crippen LogP contribution is 2.22. The lowest BCUT2D eigenvalue weighted by Gasteiger charge is -2.35. The van der Waals surface area contributed by atoms with Crippen molar-refractivity contribution < 1.29 is 0 Å². The molecule has 3 heteroatoms. The van der Waals surface area contributed by atoms with Crippen molar-refractivity contribution in [1.29, 1.82) is 0 Å². The van der Waals surface area contributed by atoms with Gasteiger partial charge in [-0.05, 0) is 56.6 Å². The van der Waals surface area contributed by atoms with E-state index in [-0.39, 0.29) is 0 Å². The molecule has 2 heterocycles. The first-order valence-corrected chi connectivity index (χ1v) is 8.31. The lowest BCUT2D eigenvalue weighted by atomic mass is 10.0. The van der Waals surface area contributed by atoms with Crippen LogP contribution >= 0.6 is 15.9 Å². The Bertz CT molecular complexity index is 421. The molecule has 1 aromatic carbocycles. The van der Waals surface area contributed by atoms with Gasteiger partial charge in [0.1, 0.15) is 0 Å². The van der Waals surface area contributed by atoms with Crippen LogP contribution in [-0.2, 0) is 6.54 Å². The highest BCUT2D eigenvalue weighted by atomic mass is 79.9. The Morgan fingerprint density at radius 1 is 1.11 bits per heavy atom. The molecule has 1 aromatic rings. The van der Waals surface area contributed by atoms with E-state index in [1.54, 1.807) is 0 Å². The van der Waals surface area contributed by atoms with Gasteiger partial charge in [-0.25, -0.2) is 0 Å². The molecule has 2 fully saturated rings. The number of fused-ring (bicyclic) bond motifs is 1. The van der Waals surface area contributed by atoms with E-state index in [0.717, 1.165) is 12.6 Å². The highest BCUT2D eigenvalue weighted by Gasteiger charge is 2.26. The summed E-state index contributed by atoms with van der Waals surface area (Å²) in [4.78, 5) is 5.38. The van der Waals surface area contributed by atoms with Crippen LogP contribution in [0.5, 0.6) is 0 Å². The fourth-order valence-electron chi connectivity index (χ4n) is 3.49. The first-order chi connectivity index (χ1) is 9.31. The van der Waals surface area contributed by atoms with Crippen molar-refractivity contribution in [3.05, 3.63) is 34.3 Å². The second kappa shape index (κ2) is 6.38. The molecule has 2 nitrogen and oxygen atoms in total. The molecule has 0 spiro atoms. The molecule has 19 heavy (non-hydrogen) atoms. The number of benzene rings is 1. The van der Waals surface area contributed by atoms with Crippen LogP contribution in [-0.4, -0.2) is 42.0 Å². The third-order valence-corrected chi connectivity index (χ3v) is 4.93. The summed E-state index contributed by atoms with van der Waals surface area (Å²) in [6.07, 6.45) is 5.55. The van der Waals surface area contributed by atoms with Gasteiger partial charge in [-0.3, -0.25) is 9.80 Å². The second-order valence-electron chi connectivity index (χ2n) is 5.90. The van der Waals surface area contributed by atoms with Crippen molar-refractivity contribution in [3.63, 3.8) is 0 Å². The van der Waals surface area contributed by atoms with Crippen molar-refractivity contribution in [2.24, 2.45) is 0 Å². The minimum absolute atomic E-state index is 0.809. The zero-order valence-corrected chi connectivity index (χ0v) is 13.1. The third-order valence-electron chi connectivity index (χ3n) is 4.43. The molecule has 1 unspecified atom stereocenters. The molecule has 2 aliphatic heterocycles. The number of hydrogen-bond acceptors (Lipinski definition) is 2. The standard InChI is InChI=1S/C16H23BrN2/c17-15-6-3-5-14(11-15)12-18-8-4-10-19-9-2-1-7-16(19)13-18/h3,5-6,11,16H,1-2,4,7-10,12-13H2. The molecular formula is C16H23BrN2. The molecule has 1 atom stereocenters. The zero-order chi connectivity index (χ0) is 13.1. The maximum absolute atomic E-state index is 3.57. The number of piperidine rings is 1. The molecular weight excluding hydrogens is 300 g/mol. The third kappa shape index (κ3) is 3.59. The van der Waals surface area contributed by atoms with E-state index < -0.39 is 0 Å². The Balaban J connectivity index is 1.64. The molecule has 2 saturated heterocycles. The molecule has 0 bridgehead atoms. The summed E-state index contributed by atoms with van der Waals surface area (Å²) >= 11 is 3.57. The fourth-order valence-corrected chi connectivity index (χ4v) is 3.93. The van der Waals surface area contributed by atoms with Crippen LogP contribution in [0, 0.1) is 0 Å². The summed E-state index contributed by atoms with van der Waals surface area (Å²) in [5, 5.41) is 0. The monoisotopic (exact) mass is 322 g/mol. The van der Waals surface area contributed by atoms with Gasteiger partial charge in [0.2, 0.25) is 0 Å². The van der Waals surface area contributed by atoms with Gasteiger partial charge in [-0.1, -0.05) is 34.5 Å². The summed E-state index contributed by atoms with van der Waals surface area (Å²) in [5.41, 5.74) is 1.43. The minimum atomic E-state index is 0.809. The summed E-state index contributed by atoms with van der Waals surface area (Å²) in [6, 6.07) is 9.56. The fraction of sp³-hybridized carbons (Fsp3) is 0.625. The van der Waals surface area contributed by atoms with E-state index in [1.165, 1.54) is 61.9 Å². The topological polar surface area (TPSA) is 6.48 Å². The number of nitrogens with zero attached hydrogens (tertiary/aromatic N) is 2. The molecule has 104 valence electrons. The molecule has 2 aliphatic rings. The van der Waals surface area contributed by atoms with Crippen LogP contribution < -0.4 is 0 Å². The Labute approximate surface area is 124 Å². The van der Waals surface area contributed by atoms with Gasteiger partial charge >= 0.3 is 0 Å². The lowest BCUT2D eigenvalue weighted by molar-refractivity contribution is 0.135. The van der Waals surface area contributed by atoms with Crippen LogP contribution in [0.1, 0.15) is 31.2 Å². The molecule has 0 amide bonds. The molecule has 0 radical (unpaired) electrons. The van der Waals surface area contributed by atoms with Gasteiger partial charge in [-0.15, -0.1) is 0 Å². The van der Waals surface area contributed by atoms with E-state index in [4.69, 9.17) is 0 Å². The summed E-state index contributed by atoms with van der Waals surface area (Å²) in [6.45, 7) is 6.24. The smallest absolute Gasteiger partial charge is 0.0234 e. The van der Waals surface area contributed by atoms with Crippen molar-refractivity contribution >= 4 is 15.9 Å². The van der Waals surface area contributed by atoms with E-state index in [2.05, 4.69) is 50.0 Å². The van der Waals surface area contributed by atoms with E-state index in [1.807, 2.05) is 0 Å². The van der Waals surface area contributed by atoms with Gasteiger partial charge in [0, 0.05) is 23.6 Å². The molecule has 0 saturated carbocycles. The maximum Gasteiger partial charge on any atom is 0.0234 e. The highest BCUT2D eigenvalue weighted by molar-refractivity contribution is 9.10. The predicted octanol–water partition coefficient (Wildman–Crippen LogP) is 3.51. The molecule has 3 rings (SSSR count). The van der Waals surface area contributed by atoms with Crippen molar-refractivity contribution in [2.75, 3.05) is 26.2 Å². The first kappa shape index (κ1) is 13.6. The Hall–Kier alpha value is -0.380. The minimum Gasteiger partial charge on any atom is -0.299 e. The molecule has 0 aromatic heterocycles. The lowest BCUT2D eigenvalue weighted by Crippen LogP contribution is -2.43. The Morgan fingerprint density at radius 3 is 2.89 bits per heavy atom. The first-order valence-electron chi connectivity index (χ1n) is 7.52. The van der Waals surface area contributed by atoms with Gasteiger partial charge < -0.3 is 0 Å². The maximum atomic E-state index is 3.57. The van der Waals surface area contributed by atoms with Crippen molar-refractivity contribution in [3.8, 4) is 0 Å². The number of hydrogen-bond donors (Lipinski definition) is 0. The molecule has 0 aliphatic carbocycles. The van der Waals surface area contributed by atoms with Crippen LogP contribution in [0.15, 0.2) is 28.7 Å². The summed E-state index contributed by atoms with van der Waals surface area (Å²) < 4.78 is 1.19. The predicted molar refractivity (Wildman–Crippen MR) is 83.2 cm³/mol. The van der Waals surface area contributed by atoms with Gasteiger partial charge in [-0.2, -0.15) is 0 Å². The number of rotatable bonds is 2. The largest absolute Gasteiger partial charge is 0.299 e. The van der Waals surface area contributed by atoms with Gasteiger partial charge in [0.05, 0.1) is 0 Å². The van der Waals surface area contributed by atoms with E-state index >= 15 is 0 Å². The van der Waals surface area contributed by atoms with Crippen LogP contribution in [0.25, 0.3) is 0 Å². The Kier molecular flexibility index (Phi) is 4.57. The average molecular weight is 323 g/mol. The van der Waals surface area contributed by atoms with E-state index in [0.29, 0.717) is 0 Å². The van der Waals surface area contributed by atoms with Crippen LogP contribution in [0.4, 0.5) is 0 Å². The summed E-state index contributed by atoms with van der Waals surface area (Å²) in [5.74, 6) is 0. The average Bonchev–Trinajstić information content (AvgIpc) is 2.60. The van der Waals surface area contributed by atoms with Crippen molar-refractivity contribution in [2.45, 2.75) is 38.3 Å². The van der Waals surface area contributed by atoms with Crippen LogP contribution in [0.3, 0.4) is 0 Å². The number of halogens is 1. The molecule has 0 N–H and O–H groups in total. The van der Waals surface area contributed by atoms with Gasteiger partial charge in [0.25, 0.3) is 0 Å². The van der Waals surface area contributed by atoms with Gasteiger partial charge in [0.15, 0.2) is 0 Å². The summed E-state index contributed by atoms with van der Waals surface area (Å²) in [7, 11) is 0. The SMILES string of the molecule is Brc1cccc(CN2CCCN3CCCCC3C2)c1. The van der Waals surface area contributed by atoms with E-state index in [9.17, 15) is 0 Å². The Morgan fingerprint density at radius 2 is 2.00 bits per heavy atom. The second-order valence-corrected chi connectivity index (χ2v) is 6.82. The normalized spacial score (nSPS) is 25.8. The zero-order valence-electron chi connectivity index (χ0n) is 11.5.